The van der Waals surface area contributed by atoms with Crippen LogP contribution in [0.1, 0.15) is 31.7 Å². The van der Waals surface area contributed by atoms with E-state index in [4.69, 9.17) is 4.74 Å². The molecule has 2 unspecified atom stereocenters. The van der Waals surface area contributed by atoms with E-state index in [1.54, 1.807) is 7.05 Å². The summed E-state index contributed by atoms with van der Waals surface area (Å²) in [6, 6.07) is 8.74. The van der Waals surface area contributed by atoms with Gasteiger partial charge in [0.1, 0.15) is 11.6 Å². The maximum absolute atomic E-state index is 13.4. The Balaban J connectivity index is 1.66. The van der Waals surface area contributed by atoms with Crippen LogP contribution in [0.2, 0.25) is 0 Å². The SMILES string of the molecule is CNC(=O)[C@H]1[C@H]2C(=O)N(CCCO)C(C(=O)NCc3ccccc3)C23CC[C@]1(C)O3. The molecule has 3 heterocycles. The molecule has 162 valence electrons. The Morgan fingerprint density at radius 2 is 1.97 bits per heavy atom. The number of benzene rings is 1. The molecule has 3 aliphatic heterocycles. The van der Waals surface area contributed by atoms with Crippen molar-refractivity contribution in [1.82, 2.24) is 15.5 Å². The molecule has 4 rings (SSSR count). The first-order valence-electron chi connectivity index (χ1n) is 10.5. The molecule has 0 saturated carbocycles. The van der Waals surface area contributed by atoms with Crippen molar-refractivity contribution in [2.24, 2.45) is 11.8 Å². The normalized spacial score (nSPS) is 34.2. The van der Waals surface area contributed by atoms with Crippen LogP contribution in [0, 0.1) is 11.8 Å². The Kier molecular flexibility index (Phi) is 5.32. The van der Waals surface area contributed by atoms with Gasteiger partial charge in [-0.2, -0.15) is 0 Å². The fourth-order valence-corrected chi connectivity index (χ4v) is 5.65. The summed E-state index contributed by atoms with van der Waals surface area (Å²) in [5, 5.41) is 14.9. The molecule has 3 aliphatic rings. The van der Waals surface area contributed by atoms with Crippen molar-refractivity contribution >= 4 is 17.7 Å². The van der Waals surface area contributed by atoms with Gasteiger partial charge in [0, 0.05) is 26.7 Å². The molecule has 0 radical (unpaired) electrons. The maximum atomic E-state index is 13.4. The minimum absolute atomic E-state index is 0.0861. The number of likely N-dealkylation sites (tertiary alicyclic amines) is 1. The molecule has 3 saturated heterocycles. The fraction of sp³-hybridized carbons (Fsp3) is 0.591. The van der Waals surface area contributed by atoms with Gasteiger partial charge in [-0.05, 0) is 31.7 Å². The number of carbonyl (C=O) groups is 3. The van der Waals surface area contributed by atoms with Crippen LogP contribution in [-0.4, -0.2) is 65.2 Å². The Labute approximate surface area is 176 Å². The number of nitrogens with zero attached hydrogens (tertiary/aromatic N) is 1. The molecule has 2 bridgehead atoms. The van der Waals surface area contributed by atoms with E-state index >= 15 is 0 Å². The maximum Gasteiger partial charge on any atom is 0.246 e. The van der Waals surface area contributed by atoms with Crippen LogP contribution in [0.3, 0.4) is 0 Å². The minimum Gasteiger partial charge on any atom is -0.396 e. The summed E-state index contributed by atoms with van der Waals surface area (Å²) < 4.78 is 6.43. The monoisotopic (exact) mass is 415 g/mol. The molecule has 5 atom stereocenters. The molecular weight excluding hydrogens is 386 g/mol. The highest BCUT2D eigenvalue weighted by Crippen LogP contribution is 2.63. The molecule has 3 fully saturated rings. The highest BCUT2D eigenvalue weighted by Gasteiger charge is 2.77. The summed E-state index contributed by atoms with van der Waals surface area (Å²) >= 11 is 0. The number of hydrogen-bond donors (Lipinski definition) is 3. The summed E-state index contributed by atoms with van der Waals surface area (Å²) in [6.45, 7) is 2.37. The molecule has 0 aliphatic carbocycles. The first-order chi connectivity index (χ1) is 14.4. The number of ether oxygens (including phenoxy) is 1. The van der Waals surface area contributed by atoms with E-state index in [9.17, 15) is 19.5 Å². The van der Waals surface area contributed by atoms with E-state index in [-0.39, 0.29) is 30.9 Å². The van der Waals surface area contributed by atoms with Crippen LogP contribution in [0.4, 0.5) is 0 Å². The van der Waals surface area contributed by atoms with Gasteiger partial charge in [-0.3, -0.25) is 14.4 Å². The van der Waals surface area contributed by atoms with Crippen LogP contribution in [0.5, 0.6) is 0 Å². The fourth-order valence-electron chi connectivity index (χ4n) is 5.65. The van der Waals surface area contributed by atoms with Crippen molar-refractivity contribution in [2.45, 2.75) is 50.0 Å². The lowest BCUT2D eigenvalue weighted by molar-refractivity contribution is -0.146. The Bertz CT molecular complexity index is 846. The molecule has 1 aromatic carbocycles. The lowest BCUT2D eigenvalue weighted by Gasteiger charge is -2.33. The van der Waals surface area contributed by atoms with Crippen molar-refractivity contribution in [3.05, 3.63) is 35.9 Å². The van der Waals surface area contributed by atoms with E-state index in [0.29, 0.717) is 25.8 Å². The van der Waals surface area contributed by atoms with E-state index in [2.05, 4.69) is 10.6 Å². The van der Waals surface area contributed by atoms with Crippen molar-refractivity contribution in [2.75, 3.05) is 20.2 Å². The molecule has 1 spiro atoms. The quantitative estimate of drug-likeness (QED) is 0.590. The van der Waals surface area contributed by atoms with E-state index in [0.717, 1.165) is 5.56 Å². The summed E-state index contributed by atoms with van der Waals surface area (Å²) in [6.07, 6.45) is 1.52. The number of hydrogen-bond acceptors (Lipinski definition) is 5. The summed E-state index contributed by atoms with van der Waals surface area (Å²) in [5.74, 6) is -2.07. The second kappa shape index (κ2) is 7.67. The highest BCUT2D eigenvalue weighted by atomic mass is 16.5. The smallest absolute Gasteiger partial charge is 0.246 e. The van der Waals surface area contributed by atoms with Gasteiger partial charge in [0.2, 0.25) is 17.7 Å². The summed E-state index contributed by atoms with van der Waals surface area (Å²) in [4.78, 5) is 41.0. The van der Waals surface area contributed by atoms with Crippen LogP contribution in [0.25, 0.3) is 0 Å². The average Bonchev–Trinajstić information content (AvgIpc) is 3.31. The molecular formula is C22H29N3O5. The predicted octanol–water partition coefficient (Wildman–Crippen LogP) is 0.196. The third-order valence-corrected chi connectivity index (χ3v) is 6.92. The van der Waals surface area contributed by atoms with Crippen LogP contribution in [0.15, 0.2) is 30.3 Å². The molecule has 30 heavy (non-hydrogen) atoms. The second-order valence-corrected chi connectivity index (χ2v) is 8.65. The summed E-state index contributed by atoms with van der Waals surface area (Å²) in [5.41, 5.74) is -0.821. The Morgan fingerprint density at radius 1 is 1.23 bits per heavy atom. The van der Waals surface area contributed by atoms with Crippen molar-refractivity contribution in [1.29, 1.82) is 0 Å². The zero-order valence-corrected chi connectivity index (χ0v) is 17.4. The topological polar surface area (TPSA) is 108 Å². The van der Waals surface area contributed by atoms with Gasteiger partial charge < -0.3 is 25.4 Å². The van der Waals surface area contributed by atoms with E-state index < -0.39 is 29.1 Å². The van der Waals surface area contributed by atoms with Gasteiger partial charge in [-0.25, -0.2) is 0 Å². The lowest BCUT2D eigenvalue weighted by Crippen LogP contribution is -2.55. The van der Waals surface area contributed by atoms with Gasteiger partial charge in [0.15, 0.2) is 0 Å². The van der Waals surface area contributed by atoms with Gasteiger partial charge in [0.05, 0.1) is 17.4 Å². The van der Waals surface area contributed by atoms with Crippen LogP contribution in [-0.2, 0) is 25.7 Å². The van der Waals surface area contributed by atoms with Crippen molar-refractivity contribution in [3.63, 3.8) is 0 Å². The van der Waals surface area contributed by atoms with Crippen LogP contribution < -0.4 is 10.6 Å². The number of amides is 3. The van der Waals surface area contributed by atoms with Crippen LogP contribution >= 0.6 is 0 Å². The van der Waals surface area contributed by atoms with Gasteiger partial charge in [-0.15, -0.1) is 0 Å². The number of nitrogens with one attached hydrogen (secondary N) is 2. The van der Waals surface area contributed by atoms with Gasteiger partial charge in [-0.1, -0.05) is 30.3 Å². The molecule has 3 N–H and O–H groups in total. The van der Waals surface area contributed by atoms with Gasteiger partial charge >= 0.3 is 0 Å². The molecule has 0 aromatic heterocycles. The highest BCUT2D eigenvalue weighted by molar-refractivity contribution is 5.99. The average molecular weight is 415 g/mol. The first kappa shape index (κ1) is 20.8. The minimum atomic E-state index is -1.01. The van der Waals surface area contributed by atoms with E-state index in [1.807, 2.05) is 37.3 Å². The third kappa shape index (κ3) is 3.01. The van der Waals surface area contributed by atoms with Gasteiger partial charge in [0.25, 0.3) is 0 Å². The number of aliphatic hydroxyl groups excluding tert-OH is 1. The summed E-state index contributed by atoms with van der Waals surface area (Å²) in [7, 11) is 1.55. The number of carbonyl (C=O) groups excluding carboxylic acids is 3. The standard InChI is InChI=1S/C22H29N3O5/c1-21-9-10-22(30-21)16(15(21)18(27)23-2)20(29)25(11-6-12-26)17(22)19(28)24-13-14-7-4-3-5-8-14/h3-5,7-8,15-17,26H,6,9-13H2,1-2H3,(H,23,27)(H,24,28)/t15-,16+,17?,21+,22?/m1/s1. The second-order valence-electron chi connectivity index (χ2n) is 8.65. The number of rotatable bonds is 7. The third-order valence-electron chi connectivity index (χ3n) is 6.92. The number of fused-ring (bicyclic) bond motifs is 1. The molecule has 8 heteroatoms. The zero-order valence-electron chi connectivity index (χ0n) is 17.4. The molecule has 3 amide bonds. The number of aliphatic hydroxyl groups is 1. The van der Waals surface area contributed by atoms with Crippen molar-refractivity contribution in [3.8, 4) is 0 Å². The molecule has 8 nitrogen and oxygen atoms in total. The molecule has 1 aromatic rings. The Hall–Kier alpha value is -2.45. The Morgan fingerprint density at radius 3 is 2.63 bits per heavy atom. The van der Waals surface area contributed by atoms with Crippen molar-refractivity contribution < 1.29 is 24.2 Å². The van der Waals surface area contributed by atoms with E-state index in [1.165, 1.54) is 4.90 Å². The lowest BCUT2D eigenvalue weighted by atomic mass is 9.66. The first-order valence-corrected chi connectivity index (χ1v) is 10.5. The predicted molar refractivity (Wildman–Crippen MR) is 108 cm³/mol. The zero-order chi connectivity index (χ0) is 21.5. The largest absolute Gasteiger partial charge is 0.396 e.